The van der Waals surface area contributed by atoms with Crippen molar-refractivity contribution in [2.24, 2.45) is 0 Å². The van der Waals surface area contributed by atoms with E-state index in [1.165, 1.54) is 0 Å². The Morgan fingerprint density at radius 2 is 2.00 bits per heavy atom. The molecule has 0 radical (unpaired) electrons. The number of hydrogen-bond donors (Lipinski definition) is 2. The molecular formula is C23H28N4O2. The molecule has 0 saturated heterocycles. The molecular weight excluding hydrogens is 364 g/mol. The summed E-state index contributed by atoms with van der Waals surface area (Å²) in [6.07, 6.45) is 3.81. The molecule has 0 aliphatic carbocycles. The van der Waals surface area contributed by atoms with Crippen LogP contribution >= 0.6 is 0 Å². The van der Waals surface area contributed by atoms with E-state index >= 15 is 0 Å². The zero-order valence-electron chi connectivity index (χ0n) is 17.2. The summed E-state index contributed by atoms with van der Waals surface area (Å²) in [5.74, 6) is 2.22. The zero-order valence-corrected chi connectivity index (χ0v) is 17.2. The third kappa shape index (κ3) is 6.10. The number of amides is 2. The molecule has 29 heavy (non-hydrogen) atoms. The molecule has 2 aromatic carbocycles. The fraction of sp³-hybridized carbons (Fsp3) is 0.304. The smallest absolute Gasteiger partial charge is 0.319 e. The van der Waals surface area contributed by atoms with Gasteiger partial charge in [-0.1, -0.05) is 38.1 Å². The maximum absolute atomic E-state index is 12.2. The second-order valence-electron chi connectivity index (χ2n) is 7.31. The van der Waals surface area contributed by atoms with Crippen LogP contribution in [0.4, 0.5) is 10.5 Å². The Hall–Kier alpha value is -3.28. The van der Waals surface area contributed by atoms with Crippen molar-refractivity contribution in [3.8, 4) is 5.75 Å². The molecule has 0 bridgehead atoms. The number of nitrogens with zero attached hydrogens (tertiary/aromatic N) is 2. The van der Waals surface area contributed by atoms with Gasteiger partial charge in [0.1, 0.15) is 18.2 Å². The number of aryl methyl sites for hydroxylation is 1. The monoisotopic (exact) mass is 392 g/mol. The Bertz CT molecular complexity index is 949. The Morgan fingerprint density at radius 1 is 1.17 bits per heavy atom. The van der Waals surface area contributed by atoms with Crippen LogP contribution in [0.1, 0.15) is 36.7 Å². The first kappa shape index (κ1) is 20.5. The van der Waals surface area contributed by atoms with Crippen molar-refractivity contribution in [1.29, 1.82) is 0 Å². The fourth-order valence-corrected chi connectivity index (χ4v) is 3.11. The number of benzene rings is 2. The molecule has 6 heteroatoms. The molecule has 2 N–H and O–H groups in total. The van der Waals surface area contributed by atoms with Crippen LogP contribution in [-0.4, -0.2) is 28.7 Å². The van der Waals surface area contributed by atoms with Crippen LogP contribution in [0.5, 0.6) is 5.75 Å². The molecule has 0 saturated carbocycles. The van der Waals surface area contributed by atoms with Gasteiger partial charge in [0.05, 0.1) is 6.54 Å². The van der Waals surface area contributed by atoms with Crippen molar-refractivity contribution in [2.45, 2.75) is 33.2 Å². The summed E-state index contributed by atoms with van der Waals surface area (Å²) < 4.78 is 7.78. The number of carbonyl (C=O) groups excluding carboxylic acids is 1. The molecule has 3 aromatic rings. The van der Waals surface area contributed by atoms with Gasteiger partial charge >= 0.3 is 6.03 Å². The lowest BCUT2D eigenvalue weighted by atomic mass is 10.1. The average Bonchev–Trinajstić information content (AvgIpc) is 3.14. The number of imidazole rings is 1. The maximum atomic E-state index is 12.2. The van der Waals surface area contributed by atoms with E-state index in [0.29, 0.717) is 19.1 Å². The summed E-state index contributed by atoms with van der Waals surface area (Å²) in [5, 5.41) is 5.69. The molecule has 2 amide bonds. The normalized spacial score (nSPS) is 10.8. The number of rotatable bonds is 8. The van der Waals surface area contributed by atoms with Gasteiger partial charge in [-0.3, -0.25) is 0 Å². The third-order valence-corrected chi connectivity index (χ3v) is 4.45. The van der Waals surface area contributed by atoms with E-state index in [1.54, 1.807) is 0 Å². The van der Waals surface area contributed by atoms with E-state index in [1.807, 2.05) is 67.8 Å². The SMILES string of the molecule is Cc1cccc(OCCNC(=O)Nc2cccc(Cn3ccnc3C(C)C)c2)c1. The van der Waals surface area contributed by atoms with Crippen LogP contribution in [0.25, 0.3) is 0 Å². The maximum Gasteiger partial charge on any atom is 0.319 e. The molecule has 0 unspecified atom stereocenters. The second-order valence-corrected chi connectivity index (χ2v) is 7.31. The van der Waals surface area contributed by atoms with Crippen molar-refractivity contribution in [3.05, 3.63) is 77.9 Å². The summed E-state index contributed by atoms with van der Waals surface area (Å²) in [7, 11) is 0. The summed E-state index contributed by atoms with van der Waals surface area (Å²) in [6, 6.07) is 15.4. The molecule has 0 atom stereocenters. The highest BCUT2D eigenvalue weighted by atomic mass is 16.5. The standard InChI is InChI=1S/C23H28N4O2/c1-17(2)22-24-10-12-27(22)16-19-7-5-8-20(15-19)26-23(28)25-11-13-29-21-9-4-6-18(3)14-21/h4-10,12,14-15,17H,11,13,16H2,1-3H3,(H2,25,26,28). The fourth-order valence-electron chi connectivity index (χ4n) is 3.11. The van der Waals surface area contributed by atoms with Gasteiger partial charge in [0, 0.05) is 30.5 Å². The minimum Gasteiger partial charge on any atom is -0.492 e. The van der Waals surface area contributed by atoms with Crippen LogP contribution in [0.2, 0.25) is 0 Å². The van der Waals surface area contributed by atoms with E-state index in [9.17, 15) is 4.79 Å². The molecule has 1 heterocycles. The van der Waals surface area contributed by atoms with Crippen molar-refractivity contribution in [1.82, 2.24) is 14.9 Å². The molecule has 0 spiro atoms. The van der Waals surface area contributed by atoms with Gasteiger partial charge in [-0.2, -0.15) is 0 Å². The number of hydrogen-bond acceptors (Lipinski definition) is 3. The van der Waals surface area contributed by atoms with Gasteiger partial charge in [0.25, 0.3) is 0 Å². The molecule has 6 nitrogen and oxygen atoms in total. The van der Waals surface area contributed by atoms with Crippen molar-refractivity contribution in [2.75, 3.05) is 18.5 Å². The molecule has 3 rings (SSSR count). The molecule has 0 fully saturated rings. The number of carbonyl (C=O) groups is 1. The van der Waals surface area contributed by atoms with Gasteiger partial charge in [0.15, 0.2) is 0 Å². The van der Waals surface area contributed by atoms with E-state index in [4.69, 9.17) is 4.74 Å². The second kappa shape index (κ2) is 9.78. The third-order valence-electron chi connectivity index (χ3n) is 4.45. The predicted molar refractivity (Wildman–Crippen MR) is 116 cm³/mol. The predicted octanol–water partition coefficient (Wildman–Crippen LogP) is 4.56. The first-order valence-corrected chi connectivity index (χ1v) is 9.85. The highest BCUT2D eigenvalue weighted by Gasteiger charge is 2.08. The molecule has 152 valence electrons. The average molecular weight is 393 g/mol. The van der Waals surface area contributed by atoms with Gasteiger partial charge in [-0.25, -0.2) is 9.78 Å². The van der Waals surface area contributed by atoms with E-state index < -0.39 is 0 Å². The van der Waals surface area contributed by atoms with Crippen molar-refractivity contribution < 1.29 is 9.53 Å². The van der Waals surface area contributed by atoms with Crippen LogP contribution in [0, 0.1) is 6.92 Å². The lowest BCUT2D eigenvalue weighted by Gasteiger charge is -2.12. The molecule has 1 aromatic heterocycles. The summed E-state index contributed by atoms with van der Waals surface area (Å²) in [6.45, 7) is 7.83. The number of anilines is 1. The van der Waals surface area contributed by atoms with Crippen LogP contribution in [0.15, 0.2) is 60.9 Å². The Morgan fingerprint density at radius 3 is 2.79 bits per heavy atom. The Kier molecular flexibility index (Phi) is 6.89. The van der Waals surface area contributed by atoms with E-state index in [2.05, 4.69) is 34.0 Å². The summed E-state index contributed by atoms with van der Waals surface area (Å²) in [5.41, 5.74) is 3.00. The van der Waals surface area contributed by atoms with Crippen LogP contribution < -0.4 is 15.4 Å². The molecule has 0 aliphatic rings. The van der Waals surface area contributed by atoms with Gasteiger partial charge in [0.2, 0.25) is 0 Å². The van der Waals surface area contributed by atoms with Crippen molar-refractivity contribution >= 4 is 11.7 Å². The van der Waals surface area contributed by atoms with Crippen LogP contribution in [0.3, 0.4) is 0 Å². The zero-order chi connectivity index (χ0) is 20.6. The minimum absolute atomic E-state index is 0.250. The number of urea groups is 1. The number of aromatic nitrogens is 2. The summed E-state index contributed by atoms with van der Waals surface area (Å²) >= 11 is 0. The topological polar surface area (TPSA) is 68.2 Å². The summed E-state index contributed by atoms with van der Waals surface area (Å²) in [4.78, 5) is 16.6. The quantitative estimate of drug-likeness (QED) is 0.552. The first-order valence-electron chi connectivity index (χ1n) is 9.85. The number of nitrogens with one attached hydrogen (secondary N) is 2. The highest BCUT2D eigenvalue weighted by Crippen LogP contribution is 2.16. The first-order chi connectivity index (χ1) is 14.0. The Balaban J connectivity index is 1.48. The van der Waals surface area contributed by atoms with Gasteiger partial charge in [-0.05, 0) is 42.3 Å². The van der Waals surface area contributed by atoms with Gasteiger partial charge in [-0.15, -0.1) is 0 Å². The van der Waals surface area contributed by atoms with E-state index in [-0.39, 0.29) is 6.03 Å². The highest BCUT2D eigenvalue weighted by molar-refractivity contribution is 5.89. The van der Waals surface area contributed by atoms with Crippen molar-refractivity contribution in [3.63, 3.8) is 0 Å². The lowest BCUT2D eigenvalue weighted by molar-refractivity contribution is 0.247. The number of ether oxygens (including phenoxy) is 1. The largest absolute Gasteiger partial charge is 0.492 e. The van der Waals surface area contributed by atoms with Gasteiger partial charge < -0.3 is 19.9 Å². The van der Waals surface area contributed by atoms with E-state index in [0.717, 1.165) is 34.9 Å². The minimum atomic E-state index is -0.250. The lowest BCUT2D eigenvalue weighted by Crippen LogP contribution is -2.32. The molecule has 0 aliphatic heterocycles. The Labute approximate surface area is 171 Å². The van der Waals surface area contributed by atoms with Crippen LogP contribution in [-0.2, 0) is 6.54 Å².